The summed E-state index contributed by atoms with van der Waals surface area (Å²) in [5.41, 5.74) is 0.594. The Balaban J connectivity index is 0. The van der Waals surface area contributed by atoms with E-state index in [1.807, 2.05) is 19.1 Å². The molecule has 0 aromatic carbocycles. The van der Waals surface area contributed by atoms with Crippen molar-refractivity contribution in [2.75, 3.05) is 0 Å². The van der Waals surface area contributed by atoms with Crippen LogP contribution >= 0.6 is 0 Å². The lowest BCUT2D eigenvalue weighted by Crippen LogP contribution is -2.19. The fourth-order valence-corrected chi connectivity index (χ4v) is 1.31. The quantitative estimate of drug-likeness (QED) is 0.640. The van der Waals surface area contributed by atoms with Crippen LogP contribution in [-0.2, 0) is 0 Å². The lowest BCUT2D eigenvalue weighted by molar-refractivity contribution is 0.103. The fraction of sp³-hybridized carbons (Fsp3) is 0.556. The Labute approximate surface area is 125 Å². The van der Waals surface area contributed by atoms with Gasteiger partial charge in [0.25, 0.3) is 0 Å². The van der Waals surface area contributed by atoms with E-state index in [0.29, 0.717) is 0 Å². The van der Waals surface area contributed by atoms with E-state index in [0.717, 1.165) is 25.7 Å². The number of hydrogen-bond donors (Lipinski definition) is 2. The molecule has 2 atom stereocenters. The summed E-state index contributed by atoms with van der Waals surface area (Å²) in [6, 6.07) is 0. The highest BCUT2D eigenvalue weighted by Crippen LogP contribution is 2.13. The van der Waals surface area contributed by atoms with Crippen LogP contribution < -0.4 is 0 Å². The molecule has 2 nitrogen and oxygen atoms in total. The van der Waals surface area contributed by atoms with Crippen LogP contribution in [0.5, 0.6) is 0 Å². The molecule has 0 radical (unpaired) electrons. The zero-order chi connectivity index (χ0) is 16.0. The minimum absolute atomic E-state index is 0.332. The molecule has 116 valence electrons. The molecule has 0 bridgehead atoms. The van der Waals surface area contributed by atoms with Crippen LogP contribution in [-0.4, -0.2) is 21.9 Å². The number of allylic oxidation sites excluding steroid dienone is 4. The Hall–Kier alpha value is -1.12. The Kier molecular flexibility index (Phi) is 13.7. The highest BCUT2D eigenvalue weighted by atomic mass is 16.3. The van der Waals surface area contributed by atoms with E-state index >= 15 is 0 Å². The number of aliphatic hydroxyl groups excluding tert-OH is 1. The molecule has 0 heterocycles. The Morgan fingerprint density at radius 3 is 2.25 bits per heavy atom. The van der Waals surface area contributed by atoms with E-state index in [4.69, 9.17) is 5.11 Å². The van der Waals surface area contributed by atoms with Gasteiger partial charge in [-0.1, -0.05) is 36.0 Å². The molecular weight excluding hydrogens is 248 g/mol. The summed E-state index contributed by atoms with van der Waals surface area (Å²) >= 11 is 0. The van der Waals surface area contributed by atoms with Crippen molar-refractivity contribution >= 4 is 0 Å². The van der Waals surface area contributed by atoms with Crippen LogP contribution in [0.2, 0.25) is 0 Å². The highest BCUT2D eigenvalue weighted by Gasteiger charge is 2.12. The molecule has 2 heteroatoms. The van der Waals surface area contributed by atoms with Crippen LogP contribution in [0.3, 0.4) is 0 Å². The van der Waals surface area contributed by atoms with Gasteiger partial charge in [-0.2, -0.15) is 0 Å². The van der Waals surface area contributed by atoms with Gasteiger partial charge in [-0.15, -0.1) is 13.2 Å². The van der Waals surface area contributed by atoms with Gasteiger partial charge in [0.2, 0.25) is 0 Å². The predicted octanol–water partition coefficient (Wildman–Crippen LogP) is 4.56. The van der Waals surface area contributed by atoms with E-state index in [1.54, 1.807) is 19.1 Å². The van der Waals surface area contributed by atoms with Crippen LogP contribution in [0.1, 0.15) is 53.4 Å². The van der Waals surface area contributed by atoms with Crippen molar-refractivity contribution in [2.24, 2.45) is 0 Å². The highest BCUT2D eigenvalue weighted by molar-refractivity contribution is 4.97. The van der Waals surface area contributed by atoms with Crippen LogP contribution in [0.15, 0.2) is 49.1 Å². The Morgan fingerprint density at radius 2 is 1.85 bits per heavy atom. The summed E-state index contributed by atoms with van der Waals surface area (Å²) in [6.45, 7) is 14.9. The van der Waals surface area contributed by atoms with Gasteiger partial charge in [-0.3, -0.25) is 0 Å². The standard InChI is InChI=1S/C10H18O.C8H14O/c1-5-10(4,11)8-6-7-9(2)3;1-3-5-6-7-8(9)4-2/h5,7,11H,1,6,8H2,2-4H3;3-5,8-9H,2,6-7H2,1H3. The van der Waals surface area contributed by atoms with Crippen molar-refractivity contribution in [2.45, 2.75) is 65.1 Å². The third kappa shape index (κ3) is 16.9. The molecule has 0 fully saturated rings. The topological polar surface area (TPSA) is 40.5 Å². The first-order valence-electron chi connectivity index (χ1n) is 7.20. The lowest BCUT2D eigenvalue weighted by Gasteiger charge is -2.16. The van der Waals surface area contributed by atoms with Crippen LogP contribution in [0, 0.1) is 0 Å². The largest absolute Gasteiger partial charge is 0.389 e. The lowest BCUT2D eigenvalue weighted by atomic mass is 10.00. The van der Waals surface area contributed by atoms with E-state index in [2.05, 4.69) is 33.1 Å². The third-order valence-electron chi connectivity index (χ3n) is 2.78. The van der Waals surface area contributed by atoms with Gasteiger partial charge in [0, 0.05) is 0 Å². The minimum atomic E-state index is -0.702. The van der Waals surface area contributed by atoms with Gasteiger partial charge in [0.15, 0.2) is 0 Å². The number of rotatable bonds is 8. The molecule has 2 unspecified atom stereocenters. The zero-order valence-electron chi connectivity index (χ0n) is 13.6. The van der Waals surface area contributed by atoms with E-state index in [9.17, 15) is 5.11 Å². The van der Waals surface area contributed by atoms with Gasteiger partial charge >= 0.3 is 0 Å². The SMILES string of the molecule is C=CC(C)(O)CCC=C(C)C.C=CC(O)CCC=CC. The molecule has 0 saturated carbocycles. The van der Waals surface area contributed by atoms with Crippen molar-refractivity contribution in [1.29, 1.82) is 0 Å². The smallest absolute Gasteiger partial charge is 0.0800 e. The molecule has 0 spiro atoms. The molecule has 2 N–H and O–H groups in total. The van der Waals surface area contributed by atoms with E-state index < -0.39 is 5.60 Å². The summed E-state index contributed by atoms with van der Waals surface area (Å²) in [6.07, 6.45) is 12.3. The Morgan fingerprint density at radius 1 is 1.25 bits per heavy atom. The van der Waals surface area contributed by atoms with Gasteiger partial charge < -0.3 is 10.2 Å². The molecule has 20 heavy (non-hydrogen) atoms. The molecule has 0 amide bonds. The summed E-state index contributed by atoms with van der Waals surface area (Å²) in [4.78, 5) is 0. The average Bonchev–Trinajstić information content (AvgIpc) is 2.39. The molecule has 0 aliphatic carbocycles. The van der Waals surface area contributed by atoms with Crippen LogP contribution in [0.25, 0.3) is 0 Å². The van der Waals surface area contributed by atoms with Crippen molar-refractivity contribution in [3.8, 4) is 0 Å². The normalized spacial score (nSPS) is 14.7. The molecule has 0 saturated heterocycles. The zero-order valence-corrected chi connectivity index (χ0v) is 13.6. The maximum Gasteiger partial charge on any atom is 0.0800 e. The first kappa shape index (κ1) is 21.2. The molecule has 0 aliphatic rings. The Bertz CT molecular complexity index is 307. The second-order valence-electron chi connectivity index (χ2n) is 5.33. The molecular formula is C18H32O2. The van der Waals surface area contributed by atoms with Gasteiger partial charge in [0.05, 0.1) is 11.7 Å². The van der Waals surface area contributed by atoms with Crippen molar-refractivity contribution in [1.82, 2.24) is 0 Å². The maximum absolute atomic E-state index is 9.49. The summed E-state index contributed by atoms with van der Waals surface area (Å²) < 4.78 is 0. The second-order valence-corrected chi connectivity index (χ2v) is 5.33. The van der Waals surface area contributed by atoms with Crippen LogP contribution in [0.4, 0.5) is 0 Å². The molecule has 0 aromatic rings. The van der Waals surface area contributed by atoms with Crippen molar-refractivity contribution in [3.05, 3.63) is 49.1 Å². The average molecular weight is 280 g/mol. The fourth-order valence-electron chi connectivity index (χ4n) is 1.31. The first-order valence-corrected chi connectivity index (χ1v) is 7.20. The molecule has 0 aliphatic heterocycles. The van der Waals surface area contributed by atoms with E-state index in [1.165, 1.54) is 5.57 Å². The van der Waals surface area contributed by atoms with Gasteiger partial charge in [-0.05, 0) is 53.4 Å². The van der Waals surface area contributed by atoms with Gasteiger partial charge in [-0.25, -0.2) is 0 Å². The van der Waals surface area contributed by atoms with E-state index in [-0.39, 0.29) is 6.10 Å². The predicted molar refractivity (Wildman–Crippen MR) is 89.7 cm³/mol. The number of hydrogen-bond acceptors (Lipinski definition) is 2. The molecule has 0 aromatic heterocycles. The maximum atomic E-state index is 9.49. The third-order valence-corrected chi connectivity index (χ3v) is 2.78. The summed E-state index contributed by atoms with van der Waals surface area (Å²) in [7, 11) is 0. The first-order chi connectivity index (χ1) is 9.29. The summed E-state index contributed by atoms with van der Waals surface area (Å²) in [5.74, 6) is 0. The van der Waals surface area contributed by atoms with Crippen molar-refractivity contribution < 1.29 is 10.2 Å². The second kappa shape index (κ2) is 12.9. The minimum Gasteiger partial charge on any atom is -0.389 e. The monoisotopic (exact) mass is 280 g/mol. The molecule has 0 rings (SSSR count). The summed E-state index contributed by atoms with van der Waals surface area (Å²) in [5, 5.41) is 18.4. The number of aliphatic hydroxyl groups is 2. The van der Waals surface area contributed by atoms with Gasteiger partial charge in [0.1, 0.15) is 0 Å². The van der Waals surface area contributed by atoms with Crippen molar-refractivity contribution in [3.63, 3.8) is 0 Å².